The number of hydrogen-bond donors (Lipinski definition) is 3. The molecule has 0 unspecified atom stereocenters. The lowest BCUT2D eigenvalue weighted by atomic mass is 10.3. The zero-order valence-electron chi connectivity index (χ0n) is 10.3. The van der Waals surface area contributed by atoms with E-state index in [1.54, 1.807) is 11.8 Å². The summed E-state index contributed by atoms with van der Waals surface area (Å²) in [6.45, 7) is 0. The second-order valence-electron chi connectivity index (χ2n) is 4.87. The van der Waals surface area contributed by atoms with E-state index in [4.69, 9.17) is 5.73 Å². The van der Waals surface area contributed by atoms with Crippen molar-refractivity contribution in [1.82, 2.24) is 5.32 Å². The zero-order chi connectivity index (χ0) is 12.7. The van der Waals surface area contributed by atoms with E-state index in [1.165, 1.54) is 24.2 Å². The van der Waals surface area contributed by atoms with Crippen LogP contribution in [0.4, 0.5) is 10.7 Å². The largest absolute Gasteiger partial charge is 0.396 e. The van der Waals surface area contributed by atoms with E-state index >= 15 is 0 Å². The van der Waals surface area contributed by atoms with E-state index in [0.29, 0.717) is 22.6 Å². The van der Waals surface area contributed by atoms with Crippen molar-refractivity contribution in [3.05, 3.63) is 4.88 Å². The Morgan fingerprint density at radius 2 is 2.00 bits per heavy atom. The van der Waals surface area contributed by atoms with Gasteiger partial charge in [0.05, 0.1) is 10.6 Å². The van der Waals surface area contributed by atoms with Crippen molar-refractivity contribution in [2.75, 3.05) is 17.3 Å². The van der Waals surface area contributed by atoms with Gasteiger partial charge in [0.2, 0.25) is 0 Å². The molecule has 1 aromatic rings. The average molecular weight is 283 g/mol. The molecule has 2 aliphatic rings. The molecule has 2 saturated carbocycles. The van der Waals surface area contributed by atoms with Crippen molar-refractivity contribution in [3.8, 4) is 0 Å². The summed E-state index contributed by atoms with van der Waals surface area (Å²) in [6, 6.07) is 0.949. The Hall–Kier alpha value is -0.880. The van der Waals surface area contributed by atoms with E-state index < -0.39 is 0 Å². The second-order valence-corrected chi connectivity index (χ2v) is 6.71. The molecule has 0 spiro atoms. The van der Waals surface area contributed by atoms with E-state index in [1.807, 2.05) is 6.26 Å². The van der Waals surface area contributed by atoms with Crippen LogP contribution < -0.4 is 16.4 Å². The Kier molecular flexibility index (Phi) is 3.15. The first kappa shape index (κ1) is 12.2. The van der Waals surface area contributed by atoms with Gasteiger partial charge in [0.15, 0.2) is 0 Å². The Morgan fingerprint density at radius 1 is 1.33 bits per heavy atom. The van der Waals surface area contributed by atoms with Crippen LogP contribution >= 0.6 is 23.1 Å². The van der Waals surface area contributed by atoms with Crippen LogP contribution in [0.1, 0.15) is 35.4 Å². The van der Waals surface area contributed by atoms with Gasteiger partial charge in [0, 0.05) is 12.1 Å². The summed E-state index contributed by atoms with van der Waals surface area (Å²) in [5.74, 6) is -0.0147. The Morgan fingerprint density at radius 3 is 2.56 bits per heavy atom. The summed E-state index contributed by atoms with van der Waals surface area (Å²) < 4.78 is 0. The highest BCUT2D eigenvalue weighted by atomic mass is 32.2. The smallest absolute Gasteiger partial charge is 0.263 e. The molecule has 2 fully saturated rings. The molecule has 4 N–H and O–H groups in total. The number of carbonyl (C=O) groups is 1. The van der Waals surface area contributed by atoms with Crippen molar-refractivity contribution < 1.29 is 4.79 Å². The first-order valence-electron chi connectivity index (χ1n) is 6.22. The van der Waals surface area contributed by atoms with Gasteiger partial charge in [0.25, 0.3) is 5.91 Å². The molecule has 0 atom stereocenters. The number of amides is 1. The number of nitrogens with two attached hydrogens (primary N) is 1. The third-order valence-electron chi connectivity index (χ3n) is 3.14. The lowest BCUT2D eigenvalue weighted by Crippen LogP contribution is -2.25. The molecular weight excluding hydrogens is 266 g/mol. The quantitative estimate of drug-likeness (QED) is 0.726. The summed E-state index contributed by atoms with van der Waals surface area (Å²) in [5.41, 5.74) is 6.73. The van der Waals surface area contributed by atoms with Crippen molar-refractivity contribution in [1.29, 1.82) is 0 Å². The molecule has 1 aromatic heterocycles. The topological polar surface area (TPSA) is 67.2 Å². The summed E-state index contributed by atoms with van der Waals surface area (Å²) in [7, 11) is 0. The highest BCUT2D eigenvalue weighted by molar-refractivity contribution is 7.99. The minimum atomic E-state index is -0.0147. The minimum absolute atomic E-state index is 0.0147. The minimum Gasteiger partial charge on any atom is -0.396 e. The highest BCUT2D eigenvalue weighted by Crippen LogP contribution is 2.43. The maximum absolute atomic E-state index is 12.1. The standard InChI is InChI=1S/C12H17N3OS2/c1-17-10-8(13)9(11(16)14-6-2-3-6)18-12(10)15-7-4-5-7/h6-7,15H,2-5,13H2,1H3,(H,14,16). The summed E-state index contributed by atoms with van der Waals surface area (Å²) in [4.78, 5) is 13.8. The highest BCUT2D eigenvalue weighted by Gasteiger charge is 2.29. The monoisotopic (exact) mass is 283 g/mol. The number of thioether (sulfide) groups is 1. The lowest BCUT2D eigenvalue weighted by molar-refractivity contribution is 0.0956. The van der Waals surface area contributed by atoms with Gasteiger partial charge in [-0.25, -0.2) is 0 Å². The first-order valence-corrected chi connectivity index (χ1v) is 8.27. The summed E-state index contributed by atoms with van der Waals surface area (Å²) >= 11 is 3.10. The number of nitrogen functional groups attached to an aromatic ring is 1. The van der Waals surface area contributed by atoms with Gasteiger partial charge < -0.3 is 16.4 Å². The van der Waals surface area contributed by atoms with Crippen molar-refractivity contribution >= 4 is 39.7 Å². The van der Waals surface area contributed by atoms with Crippen LogP contribution in [0, 0.1) is 0 Å². The summed E-state index contributed by atoms with van der Waals surface area (Å²) in [6.07, 6.45) is 6.63. The molecule has 1 amide bonds. The summed E-state index contributed by atoms with van der Waals surface area (Å²) in [5, 5.41) is 7.52. The molecule has 0 bridgehead atoms. The fraction of sp³-hybridized carbons (Fsp3) is 0.583. The van der Waals surface area contributed by atoms with E-state index in [-0.39, 0.29) is 5.91 Å². The molecule has 1 heterocycles. The van der Waals surface area contributed by atoms with Crippen LogP contribution in [0.25, 0.3) is 0 Å². The molecule has 0 aliphatic heterocycles. The van der Waals surface area contributed by atoms with Crippen LogP contribution in [0.15, 0.2) is 4.90 Å². The Labute approximate surface area is 115 Å². The van der Waals surface area contributed by atoms with Crippen molar-refractivity contribution in [2.24, 2.45) is 0 Å². The molecule has 4 nitrogen and oxygen atoms in total. The van der Waals surface area contributed by atoms with Crippen LogP contribution in [0.5, 0.6) is 0 Å². The van der Waals surface area contributed by atoms with Crippen LogP contribution in [0.2, 0.25) is 0 Å². The molecule has 2 aliphatic carbocycles. The molecule has 18 heavy (non-hydrogen) atoms. The maximum atomic E-state index is 12.1. The number of thiophene rings is 1. The van der Waals surface area contributed by atoms with Gasteiger partial charge in [-0.3, -0.25) is 4.79 Å². The van der Waals surface area contributed by atoms with E-state index in [0.717, 1.165) is 22.7 Å². The van der Waals surface area contributed by atoms with Gasteiger partial charge in [-0.1, -0.05) is 0 Å². The van der Waals surface area contributed by atoms with Gasteiger partial charge in [-0.2, -0.15) is 0 Å². The van der Waals surface area contributed by atoms with Gasteiger partial charge >= 0.3 is 0 Å². The third-order valence-corrected chi connectivity index (χ3v) is 5.23. The van der Waals surface area contributed by atoms with Crippen LogP contribution in [0.3, 0.4) is 0 Å². The number of carbonyl (C=O) groups excluding carboxylic acids is 1. The van der Waals surface area contributed by atoms with E-state index in [9.17, 15) is 4.79 Å². The molecule has 0 aromatic carbocycles. The maximum Gasteiger partial charge on any atom is 0.263 e. The number of rotatable bonds is 5. The molecule has 0 radical (unpaired) electrons. The first-order chi connectivity index (χ1) is 8.69. The number of nitrogens with one attached hydrogen (secondary N) is 2. The number of anilines is 2. The molecule has 6 heteroatoms. The second kappa shape index (κ2) is 4.66. The molecule has 98 valence electrons. The zero-order valence-corrected chi connectivity index (χ0v) is 11.9. The SMILES string of the molecule is CSc1c(NC2CC2)sc(C(=O)NC2CC2)c1N. The lowest BCUT2D eigenvalue weighted by Gasteiger charge is -2.03. The van der Waals surface area contributed by atoms with Crippen molar-refractivity contribution in [3.63, 3.8) is 0 Å². The predicted octanol–water partition coefficient (Wildman–Crippen LogP) is 2.52. The molecule has 0 saturated heterocycles. The van der Waals surface area contributed by atoms with Crippen LogP contribution in [-0.4, -0.2) is 24.2 Å². The molecule has 3 rings (SSSR count). The molecular formula is C12H17N3OS2. The van der Waals surface area contributed by atoms with Gasteiger partial charge in [-0.05, 0) is 31.9 Å². The third kappa shape index (κ3) is 2.44. The number of hydrogen-bond acceptors (Lipinski definition) is 5. The van der Waals surface area contributed by atoms with Gasteiger partial charge in [-0.15, -0.1) is 23.1 Å². The van der Waals surface area contributed by atoms with E-state index in [2.05, 4.69) is 10.6 Å². The average Bonchev–Trinajstić information content (AvgIpc) is 3.22. The van der Waals surface area contributed by atoms with Crippen molar-refractivity contribution in [2.45, 2.75) is 42.7 Å². The fourth-order valence-corrected chi connectivity index (χ4v) is 3.79. The predicted molar refractivity (Wildman–Crippen MR) is 77.6 cm³/mol. The normalized spacial score (nSPS) is 18.7. The Balaban J connectivity index is 1.83. The Bertz CT molecular complexity index is 478. The van der Waals surface area contributed by atoms with Crippen LogP contribution in [-0.2, 0) is 0 Å². The fourth-order valence-electron chi connectivity index (χ4n) is 1.79. The van der Waals surface area contributed by atoms with Gasteiger partial charge in [0.1, 0.15) is 9.88 Å².